The maximum atomic E-state index is 6.16. The molecule has 1 aliphatic heterocycles. The van der Waals surface area contributed by atoms with Crippen molar-refractivity contribution >= 4 is 27.3 Å². The van der Waals surface area contributed by atoms with Gasteiger partial charge in [-0.2, -0.15) is 0 Å². The fourth-order valence-corrected chi connectivity index (χ4v) is 4.22. The average molecular weight is 365 g/mol. The van der Waals surface area contributed by atoms with E-state index in [4.69, 9.17) is 5.73 Å². The minimum atomic E-state index is 0.0213. The molecule has 1 aliphatic rings. The highest BCUT2D eigenvalue weighted by Gasteiger charge is 2.33. The summed E-state index contributed by atoms with van der Waals surface area (Å²) in [4.78, 5) is 4.11. The lowest BCUT2D eigenvalue weighted by Crippen LogP contribution is -2.54. The number of hydrogen-bond acceptors (Lipinski definition) is 3. The van der Waals surface area contributed by atoms with E-state index in [9.17, 15) is 0 Å². The zero-order valence-corrected chi connectivity index (χ0v) is 14.7. The Hall–Kier alpha value is -0.680. The van der Waals surface area contributed by atoms with Crippen LogP contribution < -0.4 is 5.73 Å². The summed E-state index contributed by atoms with van der Waals surface area (Å²) in [6.07, 6.45) is 2.15. The van der Waals surface area contributed by atoms with Gasteiger partial charge in [0.25, 0.3) is 0 Å². The first-order chi connectivity index (χ1) is 10.1. The van der Waals surface area contributed by atoms with Gasteiger partial charge in [0.2, 0.25) is 0 Å². The topological polar surface area (TPSA) is 29.3 Å². The van der Waals surface area contributed by atoms with Crippen molar-refractivity contribution in [2.24, 2.45) is 5.73 Å². The van der Waals surface area contributed by atoms with Crippen LogP contribution >= 0.6 is 27.3 Å². The van der Waals surface area contributed by atoms with Gasteiger partial charge in [-0.15, -0.1) is 11.3 Å². The monoisotopic (exact) mass is 364 g/mol. The minimum Gasteiger partial charge on any atom is -0.329 e. The molecule has 1 aromatic heterocycles. The molecule has 0 amide bonds. The molecule has 1 atom stereocenters. The van der Waals surface area contributed by atoms with Crippen molar-refractivity contribution in [2.75, 3.05) is 13.1 Å². The molecule has 0 bridgehead atoms. The summed E-state index contributed by atoms with van der Waals surface area (Å²) in [5.74, 6) is 0. The average Bonchev–Trinajstić information content (AvgIpc) is 2.97. The molecule has 2 heterocycles. The number of halogens is 1. The molecule has 0 aliphatic carbocycles. The van der Waals surface area contributed by atoms with Gasteiger partial charge in [-0.3, -0.25) is 4.90 Å². The predicted molar refractivity (Wildman–Crippen MR) is 93.7 cm³/mol. The molecular formula is C17H21BrN2S. The van der Waals surface area contributed by atoms with Crippen LogP contribution in [-0.4, -0.2) is 23.5 Å². The highest BCUT2D eigenvalue weighted by molar-refractivity contribution is 9.10. The molecule has 0 saturated heterocycles. The highest BCUT2D eigenvalue weighted by atomic mass is 79.9. The Bertz CT molecular complexity index is 608. The first-order valence-electron chi connectivity index (χ1n) is 7.35. The maximum Gasteiger partial charge on any atom is 0.0347 e. The Morgan fingerprint density at radius 1 is 1.29 bits per heavy atom. The van der Waals surface area contributed by atoms with Crippen molar-refractivity contribution in [3.8, 4) is 0 Å². The molecule has 0 radical (unpaired) electrons. The smallest absolute Gasteiger partial charge is 0.0347 e. The van der Waals surface area contributed by atoms with Crippen molar-refractivity contribution in [1.82, 2.24) is 4.90 Å². The van der Waals surface area contributed by atoms with Crippen LogP contribution in [0, 0.1) is 0 Å². The highest BCUT2D eigenvalue weighted by Crippen LogP contribution is 2.30. The number of hydrogen-bond donors (Lipinski definition) is 1. The lowest BCUT2D eigenvalue weighted by atomic mass is 9.89. The Labute approximate surface area is 139 Å². The fraction of sp³-hybridized carbons (Fsp3) is 0.412. The van der Waals surface area contributed by atoms with Crippen molar-refractivity contribution in [1.29, 1.82) is 0 Å². The number of fused-ring (bicyclic) bond motifs is 1. The summed E-state index contributed by atoms with van der Waals surface area (Å²) in [6.45, 7) is 5.12. The molecule has 4 heteroatoms. The molecule has 21 heavy (non-hydrogen) atoms. The van der Waals surface area contributed by atoms with Crippen molar-refractivity contribution in [2.45, 2.75) is 31.8 Å². The van der Waals surface area contributed by atoms with Crippen LogP contribution in [0.3, 0.4) is 0 Å². The summed E-state index contributed by atoms with van der Waals surface area (Å²) in [6, 6.07) is 10.9. The molecule has 0 spiro atoms. The Morgan fingerprint density at radius 3 is 2.76 bits per heavy atom. The van der Waals surface area contributed by atoms with Crippen LogP contribution in [0.1, 0.15) is 22.9 Å². The first kappa shape index (κ1) is 15.2. The van der Waals surface area contributed by atoms with E-state index >= 15 is 0 Å². The van der Waals surface area contributed by atoms with Crippen LogP contribution in [0.25, 0.3) is 0 Å². The van der Waals surface area contributed by atoms with Gasteiger partial charge in [0, 0.05) is 34.5 Å². The summed E-state index contributed by atoms with van der Waals surface area (Å²) < 4.78 is 1.13. The number of benzene rings is 1. The Morgan fingerprint density at radius 2 is 2.05 bits per heavy atom. The molecule has 3 rings (SSSR count). The summed E-state index contributed by atoms with van der Waals surface area (Å²) >= 11 is 5.39. The molecule has 2 aromatic rings. The predicted octanol–water partition coefficient (Wildman–Crippen LogP) is 3.83. The van der Waals surface area contributed by atoms with E-state index in [2.05, 4.69) is 63.5 Å². The molecule has 1 unspecified atom stereocenters. The largest absolute Gasteiger partial charge is 0.329 e. The van der Waals surface area contributed by atoms with E-state index in [0.717, 1.165) is 30.4 Å². The van der Waals surface area contributed by atoms with Gasteiger partial charge in [-0.1, -0.05) is 28.1 Å². The van der Waals surface area contributed by atoms with Gasteiger partial charge in [0.05, 0.1) is 0 Å². The summed E-state index contributed by atoms with van der Waals surface area (Å²) in [5, 5.41) is 2.21. The van der Waals surface area contributed by atoms with Crippen LogP contribution in [0.4, 0.5) is 0 Å². The molecule has 2 N–H and O–H groups in total. The number of thiophene rings is 1. The van der Waals surface area contributed by atoms with E-state index in [1.807, 2.05) is 11.3 Å². The number of nitrogens with zero attached hydrogens (tertiary/aromatic N) is 1. The van der Waals surface area contributed by atoms with E-state index in [1.54, 1.807) is 4.88 Å². The second-order valence-electron chi connectivity index (χ2n) is 6.04. The third-order valence-corrected chi connectivity index (χ3v) is 6.06. The van der Waals surface area contributed by atoms with Gasteiger partial charge >= 0.3 is 0 Å². The second-order valence-corrected chi connectivity index (χ2v) is 7.96. The van der Waals surface area contributed by atoms with Gasteiger partial charge in [-0.05, 0) is 54.5 Å². The fourth-order valence-electron chi connectivity index (χ4n) is 3.06. The second kappa shape index (κ2) is 6.21. The van der Waals surface area contributed by atoms with E-state index in [1.165, 1.54) is 11.1 Å². The molecule has 1 aromatic carbocycles. The van der Waals surface area contributed by atoms with E-state index in [-0.39, 0.29) is 5.54 Å². The molecule has 112 valence electrons. The normalized spacial score (nSPS) is 18.2. The zero-order valence-electron chi connectivity index (χ0n) is 12.3. The van der Waals surface area contributed by atoms with Gasteiger partial charge in [-0.25, -0.2) is 0 Å². The Balaban J connectivity index is 1.78. The first-order valence-corrected chi connectivity index (χ1v) is 9.03. The summed E-state index contributed by atoms with van der Waals surface area (Å²) in [5.41, 5.74) is 9.02. The molecule has 0 saturated carbocycles. The van der Waals surface area contributed by atoms with Gasteiger partial charge in [0.1, 0.15) is 0 Å². The molecular weight excluding hydrogens is 344 g/mol. The Kier molecular flexibility index (Phi) is 4.50. The van der Waals surface area contributed by atoms with Crippen molar-refractivity contribution < 1.29 is 0 Å². The van der Waals surface area contributed by atoms with Gasteiger partial charge < -0.3 is 5.73 Å². The van der Waals surface area contributed by atoms with Crippen molar-refractivity contribution in [3.05, 3.63) is 56.2 Å². The zero-order chi connectivity index (χ0) is 14.9. The maximum absolute atomic E-state index is 6.16. The van der Waals surface area contributed by atoms with Crippen LogP contribution in [0.15, 0.2) is 40.2 Å². The van der Waals surface area contributed by atoms with E-state index in [0.29, 0.717) is 6.54 Å². The third kappa shape index (κ3) is 3.24. The standard InChI is InChI=1S/C17H21BrN2S/c1-17(12-19,10-13-2-4-15(18)5-3-13)20-8-6-16-14(11-20)7-9-21-16/h2-5,7,9H,6,8,10-12,19H2,1H3. The van der Waals surface area contributed by atoms with Gasteiger partial charge in [0.15, 0.2) is 0 Å². The van der Waals surface area contributed by atoms with Crippen LogP contribution in [0.2, 0.25) is 0 Å². The third-order valence-electron chi connectivity index (χ3n) is 4.51. The number of rotatable bonds is 4. The minimum absolute atomic E-state index is 0.0213. The number of nitrogens with two attached hydrogens (primary N) is 1. The summed E-state index contributed by atoms with van der Waals surface area (Å²) in [7, 11) is 0. The SMILES string of the molecule is CC(CN)(Cc1ccc(Br)cc1)N1CCc2sccc2C1. The molecule has 2 nitrogen and oxygen atoms in total. The van der Waals surface area contributed by atoms with Crippen LogP contribution in [-0.2, 0) is 19.4 Å². The quantitative estimate of drug-likeness (QED) is 0.892. The van der Waals surface area contributed by atoms with Crippen LogP contribution in [0.5, 0.6) is 0 Å². The van der Waals surface area contributed by atoms with E-state index < -0.39 is 0 Å². The lowest BCUT2D eigenvalue weighted by Gasteiger charge is -2.43. The molecule has 0 fully saturated rings. The van der Waals surface area contributed by atoms with Crippen molar-refractivity contribution in [3.63, 3.8) is 0 Å². The lowest BCUT2D eigenvalue weighted by molar-refractivity contribution is 0.0956.